The fourth-order valence-electron chi connectivity index (χ4n) is 3.71. The van der Waals surface area contributed by atoms with Gasteiger partial charge in [-0.1, -0.05) is 31.2 Å². The van der Waals surface area contributed by atoms with Crippen molar-refractivity contribution in [3.8, 4) is 5.75 Å². The second-order valence-corrected chi connectivity index (χ2v) is 7.44. The molecule has 1 N–H and O–H groups in total. The van der Waals surface area contributed by atoms with Crippen LogP contribution >= 0.6 is 0 Å². The van der Waals surface area contributed by atoms with E-state index in [1.54, 1.807) is 29.2 Å². The molecule has 0 spiro atoms. The maximum Gasteiger partial charge on any atom is 0.295 e. The second-order valence-electron chi connectivity index (χ2n) is 7.44. The van der Waals surface area contributed by atoms with Crippen molar-refractivity contribution in [1.82, 2.24) is 4.90 Å². The number of hydrogen-bond donors (Lipinski definition) is 1. The van der Waals surface area contributed by atoms with Gasteiger partial charge in [0, 0.05) is 31.9 Å². The molecule has 0 bridgehead atoms. The largest absolute Gasteiger partial charge is 0.507 e. The van der Waals surface area contributed by atoms with Gasteiger partial charge >= 0.3 is 0 Å². The van der Waals surface area contributed by atoms with Crippen LogP contribution in [0.5, 0.6) is 5.75 Å². The van der Waals surface area contributed by atoms with Crippen molar-refractivity contribution in [2.45, 2.75) is 26.3 Å². The van der Waals surface area contributed by atoms with Gasteiger partial charge in [-0.25, -0.2) is 0 Å². The van der Waals surface area contributed by atoms with Crippen molar-refractivity contribution in [2.24, 2.45) is 0 Å². The lowest BCUT2D eigenvalue weighted by Gasteiger charge is -2.25. The number of aliphatic hydroxyl groups excluding tert-OH is 1. The van der Waals surface area contributed by atoms with Gasteiger partial charge in [0.25, 0.3) is 11.7 Å². The lowest BCUT2D eigenvalue weighted by atomic mass is 9.95. The molecule has 1 amide bonds. The molecule has 2 aromatic carbocycles. The number of rotatable bonds is 7. The average molecular weight is 408 g/mol. The highest BCUT2D eigenvalue weighted by atomic mass is 16.5. The van der Waals surface area contributed by atoms with Gasteiger partial charge in [-0.15, -0.1) is 0 Å². The van der Waals surface area contributed by atoms with Crippen molar-refractivity contribution in [1.29, 1.82) is 0 Å². The van der Waals surface area contributed by atoms with Crippen LogP contribution in [0.25, 0.3) is 5.76 Å². The number of carbonyl (C=O) groups is 2. The summed E-state index contributed by atoms with van der Waals surface area (Å²) in [6, 6.07) is 14.0. The molecule has 3 rings (SSSR count). The minimum absolute atomic E-state index is 0.111. The van der Waals surface area contributed by atoms with E-state index in [0.29, 0.717) is 30.9 Å². The third-order valence-electron chi connectivity index (χ3n) is 5.15. The fraction of sp³-hybridized carbons (Fsp3) is 0.333. The normalized spacial score (nSPS) is 18.0. The minimum Gasteiger partial charge on any atom is -0.507 e. The van der Waals surface area contributed by atoms with Crippen LogP contribution in [0, 0.1) is 0 Å². The number of Topliss-reactive ketones (excluding diaryl/α,β-unsaturated/α-hetero) is 1. The van der Waals surface area contributed by atoms with Crippen LogP contribution < -0.4 is 9.64 Å². The number of anilines is 1. The molecule has 6 nitrogen and oxygen atoms in total. The number of benzene rings is 2. The third kappa shape index (κ3) is 4.03. The van der Waals surface area contributed by atoms with Gasteiger partial charge in [0.05, 0.1) is 18.2 Å². The van der Waals surface area contributed by atoms with Crippen LogP contribution in [0.4, 0.5) is 5.69 Å². The molecule has 0 aliphatic carbocycles. The lowest BCUT2D eigenvalue weighted by molar-refractivity contribution is -0.139. The first-order chi connectivity index (χ1) is 14.4. The molecule has 0 saturated carbocycles. The summed E-state index contributed by atoms with van der Waals surface area (Å²) in [7, 11) is 3.90. The Morgan fingerprint density at radius 3 is 2.40 bits per heavy atom. The Bertz CT molecular complexity index is 963. The number of aliphatic hydroxyl groups is 1. The second kappa shape index (κ2) is 9.03. The lowest BCUT2D eigenvalue weighted by Crippen LogP contribution is -2.30. The van der Waals surface area contributed by atoms with Gasteiger partial charge in [0.2, 0.25) is 0 Å². The van der Waals surface area contributed by atoms with Crippen LogP contribution in [0.2, 0.25) is 0 Å². The van der Waals surface area contributed by atoms with Crippen LogP contribution in [0.15, 0.2) is 54.1 Å². The van der Waals surface area contributed by atoms with Crippen molar-refractivity contribution in [3.63, 3.8) is 0 Å². The first-order valence-corrected chi connectivity index (χ1v) is 10.2. The number of ether oxygens (including phenoxy) is 1. The Morgan fingerprint density at radius 2 is 1.80 bits per heavy atom. The maximum absolute atomic E-state index is 12.9. The molecule has 1 saturated heterocycles. The van der Waals surface area contributed by atoms with Crippen LogP contribution in [0.3, 0.4) is 0 Å². The summed E-state index contributed by atoms with van der Waals surface area (Å²) in [5, 5.41) is 11.1. The van der Waals surface area contributed by atoms with Crippen molar-refractivity contribution < 1.29 is 19.4 Å². The van der Waals surface area contributed by atoms with E-state index in [0.717, 1.165) is 11.3 Å². The molecule has 1 unspecified atom stereocenters. The van der Waals surface area contributed by atoms with Gasteiger partial charge in [0.1, 0.15) is 11.5 Å². The number of ketones is 1. The SMILES string of the molecule is CCCN1C(=O)C(=O)/C(=C(\O)c2cccc(OCC)c2)C1c1ccc(N(C)C)cc1. The van der Waals surface area contributed by atoms with Crippen LogP contribution in [0.1, 0.15) is 37.4 Å². The number of hydrogen-bond acceptors (Lipinski definition) is 5. The summed E-state index contributed by atoms with van der Waals surface area (Å²) in [4.78, 5) is 29.2. The standard InChI is InChI=1S/C24H28N2O4/c1-5-14-26-21(16-10-12-18(13-11-16)25(3)4)20(23(28)24(26)29)22(27)17-8-7-9-19(15-17)30-6-2/h7-13,15,21,27H,5-6,14H2,1-4H3/b22-20-. The molecule has 1 aliphatic heterocycles. The smallest absolute Gasteiger partial charge is 0.295 e. The summed E-state index contributed by atoms with van der Waals surface area (Å²) in [6.07, 6.45) is 0.708. The molecule has 1 aliphatic rings. The minimum atomic E-state index is -0.663. The zero-order valence-electron chi connectivity index (χ0n) is 17.9. The highest BCUT2D eigenvalue weighted by Crippen LogP contribution is 2.40. The molecular weight excluding hydrogens is 380 g/mol. The van der Waals surface area contributed by atoms with E-state index in [9.17, 15) is 14.7 Å². The molecule has 158 valence electrons. The number of likely N-dealkylation sites (tertiary alicyclic amines) is 1. The van der Waals surface area contributed by atoms with Gasteiger partial charge in [-0.3, -0.25) is 9.59 Å². The van der Waals surface area contributed by atoms with Crippen LogP contribution in [-0.4, -0.2) is 48.9 Å². The number of carbonyl (C=O) groups excluding carboxylic acids is 2. The summed E-state index contributed by atoms with van der Waals surface area (Å²) in [5.74, 6) is -0.836. The molecule has 2 aromatic rings. The van der Waals surface area contributed by atoms with Gasteiger partial charge in [0.15, 0.2) is 0 Å². The molecule has 0 radical (unpaired) electrons. The van der Waals surface area contributed by atoms with E-state index in [1.165, 1.54) is 0 Å². The first kappa shape index (κ1) is 21.4. The zero-order valence-corrected chi connectivity index (χ0v) is 17.9. The highest BCUT2D eigenvalue weighted by Gasteiger charge is 2.45. The molecule has 1 heterocycles. The summed E-state index contributed by atoms with van der Waals surface area (Å²) in [6.45, 7) is 4.75. The maximum atomic E-state index is 12.9. The highest BCUT2D eigenvalue weighted by molar-refractivity contribution is 6.46. The average Bonchev–Trinajstić information content (AvgIpc) is 2.99. The molecular formula is C24H28N2O4. The third-order valence-corrected chi connectivity index (χ3v) is 5.15. The van der Waals surface area contributed by atoms with Crippen LogP contribution in [-0.2, 0) is 9.59 Å². The Hall–Kier alpha value is -3.28. The van der Waals surface area contributed by atoms with Gasteiger partial charge in [-0.2, -0.15) is 0 Å². The number of amides is 1. The summed E-state index contributed by atoms with van der Waals surface area (Å²) >= 11 is 0. The van der Waals surface area contributed by atoms with E-state index in [-0.39, 0.29) is 11.3 Å². The topological polar surface area (TPSA) is 70.1 Å². The summed E-state index contributed by atoms with van der Waals surface area (Å²) in [5.41, 5.74) is 2.36. The Balaban J connectivity index is 2.13. The Labute approximate surface area is 177 Å². The molecule has 30 heavy (non-hydrogen) atoms. The predicted molar refractivity (Wildman–Crippen MR) is 118 cm³/mol. The quantitative estimate of drug-likeness (QED) is 0.426. The van der Waals surface area contributed by atoms with Gasteiger partial charge in [-0.05, 0) is 43.2 Å². The van der Waals surface area contributed by atoms with E-state index in [4.69, 9.17) is 4.74 Å². The first-order valence-electron chi connectivity index (χ1n) is 10.2. The molecule has 6 heteroatoms. The molecule has 1 atom stereocenters. The Kier molecular flexibility index (Phi) is 6.45. The predicted octanol–water partition coefficient (Wildman–Crippen LogP) is 3.98. The molecule has 1 fully saturated rings. The summed E-state index contributed by atoms with van der Waals surface area (Å²) < 4.78 is 5.51. The van der Waals surface area contributed by atoms with Gasteiger partial charge < -0.3 is 19.6 Å². The zero-order chi connectivity index (χ0) is 21.8. The Morgan fingerprint density at radius 1 is 1.10 bits per heavy atom. The van der Waals surface area contributed by atoms with Crippen molar-refractivity contribution >= 4 is 23.1 Å². The fourth-order valence-corrected chi connectivity index (χ4v) is 3.71. The van der Waals surface area contributed by atoms with E-state index in [2.05, 4.69) is 0 Å². The van der Waals surface area contributed by atoms with E-state index in [1.807, 2.05) is 57.1 Å². The number of nitrogens with zero attached hydrogens (tertiary/aromatic N) is 2. The van der Waals surface area contributed by atoms with Crippen molar-refractivity contribution in [2.75, 3.05) is 32.1 Å². The van der Waals surface area contributed by atoms with Crippen molar-refractivity contribution in [3.05, 3.63) is 65.2 Å². The van der Waals surface area contributed by atoms with E-state index >= 15 is 0 Å². The van der Waals surface area contributed by atoms with E-state index < -0.39 is 17.7 Å². The molecule has 0 aromatic heterocycles. The monoisotopic (exact) mass is 408 g/mol.